The Hall–Kier alpha value is -4.41. The molecule has 0 amide bonds. The van der Waals surface area contributed by atoms with Crippen LogP contribution in [0.4, 0.5) is 10.2 Å². The lowest BCUT2D eigenvalue weighted by molar-refractivity contribution is 0.0991. The van der Waals surface area contributed by atoms with Crippen molar-refractivity contribution in [2.75, 3.05) is 38.5 Å². The average Bonchev–Trinajstić information content (AvgIpc) is 2.95. The molecule has 0 atom stereocenters. The molecule has 2 aromatic carbocycles. The van der Waals surface area contributed by atoms with Gasteiger partial charge in [0.05, 0.1) is 5.56 Å². The summed E-state index contributed by atoms with van der Waals surface area (Å²) in [6, 6.07) is 19.8. The SMILES string of the molecule is CN1CCN(C(=S)Nc2cc(Oc3ccc(CC(=O)c4cccn(-c5ccccc5)c4=O)cc3F)ccn2)CC1. The monoisotopic (exact) mass is 557 g/mol. The highest BCUT2D eigenvalue weighted by Crippen LogP contribution is 2.27. The van der Waals surface area contributed by atoms with Gasteiger partial charge in [-0.3, -0.25) is 14.2 Å². The first-order chi connectivity index (χ1) is 19.4. The van der Waals surface area contributed by atoms with Crippen LogP contribution in [-0.4, -0.2) is 63.5 Å². The summed E-state index contributed by atoms with van der Waals surface area (Å²) in [4.78, 5) is 34.5. The molecule has 8 nitrogen and oxygen atoms in total. The Morgan fingerprint density at radius 2 is 1.80 bits per heavy atom. The minimum atomic E-state index is -0.626. The number of nitrogens with zero attached hydrogens (tertiary/aromatic N) is 4. The minimum absolute atomic E-state index is 0.00105. The third-order valence-electron chi connectivity index (χ3n) is 6.63. The number of piperazine rings is 1. The largest absolute Gasteiger partial charge is 0.454 e. The van der Waals surface area contributed by atoms with Crippen LogP contribution in [0.25, 0.3) is 5.69 Å². The van der Waals surface area contributed by atoms with Crippen molar-refractivity contribution in [2.45, 2.75) is 6.42 Å². The number of halogens is 1. The van der Waals surface area contributed by atoms with Crippen molar-refractivity contribution in [3.05, 3.63) is 112 Å². The Kier molecular flexibility index (Phi) is 8.28. The number of Topliss-reactive ketones (excluding diaryl/α,β-unsaturated/α-hetero) is 1. The summed E-state index contributed by atoms with van der Waals surface area (Å²) in [6.45, 7) is 3.50. The molecule has 0 unspecified atom stereocenters. The van der Waals surface area contributed by atoms with Gasteiger partial charge < -0.3 is 19.9 Å². The number of rotatable bonds is 7. The molecule has 2 aromatic heterocycles. The fraction of sp³-hybridized carbons (Fsp3) is 0.200. The van der Waals surface area contributed by atoms with E-state index >= 15 is 0 Å². The molecular formula is C30H28FN5O3S. The predicted molar refractivity (Wildman–Crippen MR) is 156 cm³/mol. The molecule has 0 radical (unpaired) electrons. The maximum absolute atomic E-state index is 15.0. The van der Waals surface area contributed by atoms with Gasteiger partial charge in [-0.2, -0.15) is 0 Å². The lowest BCUT2D eigenvalue weighted by atomic mass is 10.0. The van der Waals surface area contributed by atoms with Crippen molar-refractivity contribution >= 4 is 28.9 Å². The van der Waals surface area contributed by atoms with E-state index in [-0.39, 0.29) is 17.7 Å². The van der Waals surface area contributed by atoms with Crippen LogP contribution in [-0.2, 0) is 6.42 Å². The van der Waals surface area contributed by atoms with Crippen LogP contribution in [0.2, 0.25) is 0 Å². The second kappa shape index (κ2) is 12.2. The van der Waals surface area contributed by atoms with E-state index in [0.29, 0.717) is 27.9 Å². The molecule has 5 rings (SSSR count). The number of ether oxygens (including phenoxy) is 1. The Morgan fingerprint density at radius 1 is 1.02 bits per heavy atom. The number of hydrogen-bond donors (Lipinski definition) is 1. The van der Waals surface area contributed by atoms with Gasteiger partial charge in [0.25, 0.3) is 5.56 Å². The molecule has 1 aliphatic heterocycles. The average molecular weight is 558 g/mol. The molecule has 204 valence electrons. The summed E-state index contributed by atoms with van der Waals surface area (Å²) in [5.74, 6) is -0.148. The van der Waals surface area contributed by atoms with Crippen LogP contribution in [0.1, 0.15) is 15.9 Å². The van der Waals surface area contributed by atoms with Gasteiger partial charge in [0.1, 0.15) is 11.6 Å². The van der Waals surface area contributed by atoms with Crippen molar-refractivity contribution in [1.82, 2.24) is 19.4 Å². The van der Waals surface area contributed by atoms with Crippen molar-refractivity contribution in [3.8, 4) is 17.2 Å². The molecule has 10 heteroatoms. The summed E-state index contributed by atoms with van der Waals surface area (Å²) in [6.07, 6.45) is 3.04. The van der Waals surface area contributed by atoms with Gasteiger partial charge in [-0.25, -0.2) is 9.37 Å². The number of thiocarbonyl (C=S) groups is 1. The number of para-hydroxylation sites is 1. The Bertz CT molecular complexity index is 1590. The van der Waals surface area contributed by atoms with E-state index < -0.39 is 17.2 Å². The van der Waals surface area contributed by atoms with Crippen molar-refractivity contribution in [3.63, 3.8) is 0 Å². The van der Waals surface area contributed by atoms with Gasteiger partial charge in [0.2, 0.25) is 0 Å². The quantitative estimate of drug-likeness (QED) is 0.262. The maximum atomic E-state index is 15.0. The lowest BCUT2D eigenvalue weighted by Gasteiger charge is -2.34. The highest BCUT2D eigenvalue weighted by atomic mass is 32.1. The fourth-order valence-corrected chi connectivity index (χ4v) is 4.67. The first-order valence-corrected chi connectivity index (χ1v) is 13.3. The topological polar surface area (TPSA) is 79.7 Å². The zero-order valence-electron chi connectivity index (χ0n) is 21.9. The Balaban J connectivity index is 1.24. The Morgan fingerprint density at radius 3 is 2.55 bits per heavy atom. The van der Waals surface area contributed by atoms with E-state index in [2.05, 4.69) is 27.1 Å². The van der Waals surface area contributed by atoms with Gasteiger partial charge >= 0.3 is 0 Å². The summed E-state index contributed by atoms with van der Waals surface area (Å²) >= 11 is 5.52. The van der Waals surface area contributed by atoms with Gasteiger partial charge in [-0.1, -0.05) is 24.3 Å². The smallest absolute Gasteiger partial charge is 0.265 e. The molecule has 40 heavy (non-hydrogen) atoms. The number of benzene rings is 2. The standard InChI is InChI=1S/C30H28FN5O3S/c1-34-14-16-35(17-15-34)30(40)33-28-20-23(11-12-32-28)39-27-10-9-21(18-25(27)31)19-26(37)24-8-5-13-36(29(24)38)22-6-3-2-4-7-22/h2-13,18,20H,14-17,19H2,1H3,(H,32,33,40). The van der Waals surface area contributed by atoms with Crippen molar-refractivity contribution in [2.24, 2.45) is 0 Å². The summed E-state index contributed by atoms with van der Waals surface area (Å²) < 4.78 is 22.2. The summed E-state index contributed by atoms with van der Waals surface area (Å²) in [5, 5.41) is 3.70. The number of carbonyl (C=O) groups excluding carboxylic acids is 1. The predicted octanol–water partition coefficient (Wildman–Crippen LogP) is 4.53. The van der Waals surface area contributed by atoms with Gasteiger partial charge in [0, 0.05) is 56.7 Å². The molecule has 1 aliphatic rings. The first kappa shape index (κ1) is 27.2. The zero-order chi connectivity index (χ0) is 28.1. The molecule has 0 aliphatic carbocycles. The maximum Gasteiger partial charge on any atom is 0.265 e. The number of aromatic nitrogens is 2. The van der Waals surface area contributed by atoms with Crippen molar-refractivity contribution in [1.29, 1.82) is 0 Å². The molecule has 3 heterocycles. The molecule has 4 aromatic rings. The van der Waals surface area contributed by atoms with E-state index in [0.717, 1.165) is 26.2 Å². The molecule has 1 N–H and O–H groups in total. The van der Waals surface area contributed by atoms with Gasteiger partial charge in [-0.15, -0.1) is 0 Å². The number of carbonyl (C=O) groups is 1. The van der Waals surface area contributed by atoms with E-state index in [1.807, 2.05) is 18.2 Å². The molecule has 0 spiro atoms. The highest BCUT2D eigenvalue weighted by Gasteiger charge is 2.18. The molecule has 0 bridgehead atoms. The summed E-state index contributed by atoms with van der Waals surface area (Å²) in [7, 11) is 2.08. The fourth-order valence-electron chi connectivity index (χ4n) is 4.38. The second-order valence-electron chi connectivity index (χ2n) is 9.50. The van der Waals surface area contributed by atoms with E-state index in [1.54, 1.807) is 48.8 Å². The van der Waals surface area contributed by atoms with Crippen LogP contribution in [0.15, 0.2) is 90.0 Å². The number of hydrogen-bond acceptors (Lipinski definition) is 6. The third kappa shape index (κ3) is 6.41. The third-order valence-corrected chi connectivity index (χ3v) is 6.99. The number of pyridine rings is 2. The highest BCUT2D eigenvalue weighted by molar-refractivity contribution is 7.80. The van der Waals surface area contributed by atoms with Crippen LogP contribution < -0.4 is 15.6 Å². The Labute approximate surface area is 236 Å². The number of nitrogens with one attached hydrogen (secondary N) is 1. The van der Waals surface area contributed by atoms with E-state index in [9.17, 15) is 14.0 Å². The zero-order valence-corrected chi connectivity index (χ0v) is 22.7. The summed E-state index contributed by atoms with van der Waals surface area (Å²) in [5.41, 5.74) is 0.705. The van der Waals surface area contributed by atoms with E-state index in [1.165, 1.54) is 22.8 Å². The van der Waals surface area contributed by atoms with Crippen LogP contribution in [0.3, 0.4) is 0 Å². The second-order valence-corrected chi connectivity index (χ2v) is 9.88. The lowest BCUT2D eigenvalue weighted by Crippen LogP contribution is -2.48. The molecular weight excluding hydrogens is 529 g/mol. The number of anilines is 1. The molecule has 0 saturated carbocycles. The van der Waals surface area contributed by atoms with Gasteiger partial charge in [0.15, 0.2) is 22.5 Å². The minimum Gasteiger partial charge on any atom is -0.454 e. The first-order valence-electron chi connectivity index (χ1n) is 12.8. The van der Waals surface area contributed by atoms with Crippen LogP contribution >= 0.6 is 12.2 Å². The molecule has 1 saturated heterocycles. The normalized spacial score (nSPS) is 13.6. The van der Waals surface area contributed by atoms with Gasteiger partial charge in [-0.05, 0) is 67.3 Å². The van der Waals surface area contributed by atoms with Crippen LogP contribution in [0.5, 0.6) is 11.5 Å². The van der Waals surface area contributed by atoms with E-state index in [4.69, 9.17) is 17.0 Å². The van der Waals surface area contributed by atoms with Crippen molar-refractivity contribution < 1.29 is 13.9 Å². The molecule has 1 fully saturated rings. The number of ketones is 1. The van der Waals surface area contributed by atoms with Crippen LogP contribution in [0, 0.1) is 5.82 Å². The number of likely N-dealkylation sites (N-methyl/N-ethyl adjacent to an activating group) is 1.